The van der Waals surface area contributed by atoms with Crippen molar-refractivity contribution < 1.29 is 18.8 Å². The first-order valence-electron chi connectivity index (χ1n) is 8.77. The van der Waals surface area contributed by atoms with Crippen molar-refractivity contribution in [1.29, 1.82) is 0 Å². The van der Waals surface area contributed by atoms with E-state index < -0.39 is 17.9 Å². The van der Waals surface area contributed by atoms with E-state index in [-0.39, 0.29) is 24.2 Å². The highest BCUT2D eigenvalue weighted by Crippen LogP contribution is 2.28. The summed E-state index contributed by atoms with van der Waals surface area (Å²) >= 11 is 0. The fourth-order valence-electron chi connectivity index (χ4n) is 3.32. The molecule has 0 spiro atoms. The molecule has 140 valence electrons. The molecule has 3 rings (SSSR count). The van der Waals surface area contributed by atoms with E-state index in [1.807, 2.05) is 0 Å². The number of rotatable bonds is 5. The number of hydrogen-bond acceptors (Lipinski definition) is 3. The number of carbonyl (C=O) groups excluding carboxylic acids is 3. The molecule has 1 unspecified atom stereocenters. The third-order valence-corrected chi connectivity index (χ3v) is 4.70. The van der Waals surface area contributed by atoms with E-state index in [0.29, 0.717) is 11.1 Å². The number of fused-ring (bicyclic) bond motifs is 1. The second kappa shape index (κ2) is 7.31. The van der Waals surface area contributed by atoms with Gasteiger partial charge in [0.15, 0.2) is 0 Å². The van der Waals surface area contributed by atoms with E-state index in [1.54, 1.807) is 57.3 Å². The topological polar surface area (TPSA) is 57.7 Å². The van der Waals surface area contributed by atoms with Crippen molar-refractivity contribution in [2.45, 2.75) is 26.4 Å². The highest BCUT2D eigenvalue weighted by Gasteiger charge is 2.44. The Morgan fingerprint density at radius 3 is 2.00 bits per heavy atom. The largest absolute Gasteiger partial charge is 0.340 e. The number of halogens is 1. The zero-order chi connectivity index (χ0) is 19.7. The lowest BCUT2D eigenvalue weighted by atomic mass is 10.0. The van der Waals surface area contributed by atoms with Crippen molar-refractivity contribution in [3.63, 3.8) is 0 Å². The van der Waals surface area contributed by atoms with Gasteiger partial charge in [-0.25, -0.2) is 4.39 Å². The first-order valence-corrected chi connectivity index (χ1v) is 8.77. The third-order valence-electron chi connectivity index (χ3n) is 4.70. The van der Waals surface area contributed by atoms with Gasteiger partial charge in [-0.1, -0.05) is 38.1 Å². The summed E-state index contributed by atoms with van der Waals surface area (Å²) in [5, 5.41) is 0. The fourth-order valence-corrected chi connectivity index (χ4v) is 3.32. The molecular weight excluding hydrogens is 347 g/mol. The number of carbonyl (C=O) groups is 3. The maximum atomic E-state index is 13.1. The standard InChI is InChI=1S/C21H21FN2O3/c1-13(2)18(21(27)23(3)12-14-8-10-15(22)11-9-14)24-19(25)16-6-4-5-7-17(16)20(24)26/h4-11,13,18H,12H2,1-3H3. The molecule has 2 aromatic carbocycles. The smallest absolute Gasteiger partial charge is 0.262 e. The predicted octanol–water partition coefficient (Wildman–Crippen LogP) is 3.10. The normalized spacial score (nSPS) is 14.5. The Balaban J connectivity index is 1.85. The lowest BCUT2D eigenvalue weighted by molar-refractivity contribution is -0.136. The van der Waals surface area contributed by atoms with Crippen molar-refractivity contribution >= 4 is 17.7 Å². The monoisotopic (exact) mass is 368 g/mol. The van der Waals surface area contributed by atoms with Gasteiger partial charge in [-0.3, -0.25) is 19.3 Å². The van der Waals surface area contributed by atoms with Crippen LogP contribution in [0.2, 0.25) is 0 Å². The molecule has 0 aliphatic carbocycles. The highest BCUT2D eigenvalue weighted by molar-refractivity contribution is 6.22. The van der Waals surface area contributed by atoms with Crippen LogP contribution in [0.15, 0.2) is 48.5 Å². The maximum Gasteiger partial charge on any atom is 0.262 e. The van der Waals surface area contributed by atoms with E-state index in [4.69, 9.17) is 0 Å². The average Bonchev–Trinajstić information content (AvgIpc) is 2.89. The van der Waals surface area contributed by atoms with Gasteiger partial charge in [0.25, 0.3) is 11.8 Å². The Bertz CT molecular complexity index is 858. The van der Waals surface area contributed by atoms with Crippen molar-refractivity contribution in [3.8, 4) is 0 Å². The fraction of sp³-hybridized carbons (Fsp3) is 0.286. The number of nitrogens with zero attached hydrogens (tertiary/aromatic N) is 2. The summed E-state index contributed by atoms with van der Waals surface area (Å²) in [6.07, 6.45) is 0. The minimum atomic E-state index is -0.900. The summed E-state index contributed by atoms with van der Waals surface area (Å²) in [4.78, 5) is 41.2. The Labute approximate surface area is 157 Å². The molecule has 3 amide bonds. The molecule has 0 N–H and O–H groups in total. The molecule has 6 heteroatoms. The van der Waals surface area contributed by atoms with Gasteiger partial charge in [-0.2, -0.15) is 0 Å². The van der Waals surface area contributed by atoms with Crippen LogP contribution in [0.3, 0.4) is 0 Å². The van der Waals surface area contributed by atoms with Gasteiger partial charge in [0.2, 0.25) is 5.91 Å². The molecule has 1 atom stereocenters. The lowest BCUT2D eigenvalue weighted by Crippen LogP contribution is -2.52. The van der Waals surface area contributed by atoms with Crippen LogP contribution < -0.4 is 0 Å². The van der Waals surface area contributed by atoms with Crippen molar-refractivity contribution in [3.05, 3.63) is 71.0 Å². The first-order chi connectivity index (χ1) is 12.8. The quantitative estimate of drug-likeness (QED) is 0.762. The van der Waals surface area contributed by atoms with Crippen LogP contribution in [0.1, 0.15) is 40.1 Å². The van der Waals surface area contributed by atoms with Crippen LogP contribution >= 0.6 is 0 Å². The van der Waals surface area contributed by atoms with E-state index in [9.17, 15) is 18.8 Å². The van der Waals surface area contributed by atoms with Crippen LogP contribution in [-0.2, 0) is 11.3 Å². The molecule has 1 aliphatic rings. The predicted molar refractivity (Wildman–Crippen MR) is 98.4 cm³/mol. The molecule has 1 aliphatic heterocycles. The van der Waals surface area contributed by atoms with Crippen LogP contribution in [0.5, 0.6) is 0 Å². The number of amides is 3. The van der Waals surface area contributed by atoms with Crippen molar-refractivity contribution in [1.82, 2.24) is 9.80 Å². The van der Waals surface area contributed by atoms with Crippen LogP contribution in [0, 0.1) is 11.7 Å². The van der Waals surface area contributed by atoms with Crippen molar-refractivity contribution in [2.75, 3.05) is 7.05 Å². The summed E-state index contributed by atoms with van der Waals surface area (Å²) in [5.74, 6) is -1.83. The Kier molecular flexibility index (Phi) is 5.08. The maximum absolute atomic E-state index is 13.1. The second-order valence-corrected chi connectivity index (χ2v) is 7.04. The van der Waals surface area contributed by atoms with E-state index >= 15 is 0 Å². The van der Waals surface area contributed by atoms with Crippen LogP contribution in [0.25, 0.3) is 0 Å². The molecule has 5 nitrogen and oxygen atoms in total. The molecule has 0 saturated heterocycles. The first kappa shape index (κ1) is 18.8. The Morgan fingerprint density at radius 1 is 1.00 bits per heavy atom. The van der Waals surface area contributed by atoms with Gasteiger partial charge < -0.3 is 4.90 Å². The summed E-state index contributed by atoms with van der Waals surface area (Å²) in [7, 11) is 1.61. The molecule has 0 bridgehead atoms. The molecule has 1 heterocycles. The molecule has 0 aromatic heterocycles. The summed E-state index contributed by atoms with van der Waals surface area (Å²) < 4.78 is 13.1. The number of benzene rings is 2. The van der Waals surface area contributed by atoms with Gasteiger partial charge in [0.05, 0.1) is 11.1 Å². The number of imide groups is 1. The van der Waals surface area contributed by atoms with Crippen molar-refractivity contribution in [2.24, 2.45) is 5.92 Å². The zero-order valence-corrected chi connectivity index (χ0v) is 15.5. The average molecular weight is 368 g/mol. The second-order valence-electron chi connectivity index (χ2n) is 7.04. The zero-order valence-electron chi connectivity index (χ0n) is 15.5. The van der Waals surface area contributed by atoms with Gasteiger partial charge in [-0.05, 0) is 35.7 Å². The van der Waals surface area contributed by atoms with Gasteiger partial charge in [0.1, 0.15) is 11.9 Å². The summed E-state index contributed by atoms with van der Waals surface area (Å²) in [6.45, 7) is 3.86. The Hall–Kier alpha value is -3.02. The highest BCUT2D eigenvalue weighted by atomic mass is 19.1. The molecule has 2 aromatic rings. The number of hydrogen-bond donors (Lipinski definition) is 0. The molecule has 0 saturated carbocycles. The van der Waals surface area contributed by atoms with E-state index in [2.05, 4.69) is 0 Å². The molecule has 0 radical (unpaired) electrons. The van der Waals surface area contributed by atoms with Gasteiger partial charge in [0, 0.05) is 13.6 Å². The third kappa shape index (κ3) is 3.47. The number of likely N-dealkylation sites (N-methyl/N-ethyl adjacent to an activating group) is 1. The molecule has 0 fully saturated rings. The van der Waals surface area contributed by atoms with Crippen LogP contribution in [-0.4, -0.2) is 40.6 Å². The van der Waals surface area contributed by atoms with Gasteiger partial charge >= 0.3 is 0 Å². The minimum Gasteiger partial charge on any atom is -0.340 e. The summed E-state index contributed by atoms with van der Waals surface area (Å²) in [5.41, 5.74) is 1.40. The van der Waals surface area contributed by atoms with E-state index in [0.717, 1.165) is 10.5 Å². The SMILES string of the molecule is CC(C)C(C(=O)N(C)Cc1ccc(F)cc1)N1C(=O)c2ccccc2C1=O. The Morgan fingerprint density at radius 2 is 1.52 bits per heavy atom. The molecular formula is C21H21FN2O3. The lowest BCUT2D eigenvalue weighted by Gasteiger charge is -2.32. The molecule has 27 heavy (non-hydrogen) atoms. The minimum absolute atomic E-state index is 0.254. The van der Waals surface area contributed by atoms with Gasteiger partial charge in [-0.15, -0.1) is 0 Å². The van der Waals surface area contributed by atoms with E-state index in [1.165, 1.54) is 17.0 Å². The van der Waals surface area contributed by atoms with Crippen LogP contribution in [0.4, 0.5) is 4.39 Å². The summed E-state index contributed by atoms with van der Waals surface area (Å²) in [6, 6.07) is 11.6.